The fourth-order valence-electron chi connectivity index (χ4n) is 4.05. The Labute approximate surface area is 189 Å². The SMILES string of the molecule is COC(=O)COc1ccc([C@@H]2C(C(=O)OC)=C(C)NC3=C2C(=O)c2ccccc23)cc1Cl. The molecule has 1 N–H and O–H groups in total. The van der Waals surface area contributed by atoms with Gasteiger partial charge in [-0.3, -0.25) is 4.79 Å². The molecule has 32 heavy (non-hydrogen) atoms. The number of dihydropyridines is 1. The molecule has 0 saturated carbocycles. The molecular weight excluding hydrogens is 434 g/mol. The molecule has 0 unspecified atom stereocenters. The number of ether oxygens (including phenoxy) is 3. The number of fused-ring (bicyclic) bond motifs is 2. The molecule has 2 aromatic carbocycles. The lowest BCUT2D eigenvalue weighted by Crippen LogP contribution is -2.29. The summed E-state index contributed by atoms with van der Waals surface area (Å²) in [6.07, 6.45) is 0. The van der Waals surface area contributed by atoms with Crippen LogP contribution >= 0.6 is 11.6 Å². The van der Waals surface area contributed by atoms with E-state index >= 15 is 0 Å². The van der Waals surface area contributed by atoms with Crippen LogP contribution in [0.1, 0.15) is 34.3 Å². The number of benzene rings is 2. The Morgan fingerprint density at radius 2 is 1.78 bits per heavy atom. The van der Waals surface area contributed by atoms with E-state index in [-0.39, 0.29) is 23.2 Å². The van der Waals surface area contributed by atoms with Gasteiger partial charge >= 0.3 is 11.9 Å². The molecule has 7 nitrogen and oxygen atoms in total. The molecule has 8 heteroatoms. The molecule has 0 aromatic heterocycles. The maximum Gasteiger partial charge on any atom is 0.343 e. The van der Waals surface area contributed by atoms with Gasteiger partial charge in [0.05, 0.1) is 30.5 Å². The molecule has 164 valence electrons. The van der Waals surface area contributed by atoms with Crippen molar-refractivity contribution in [2.75, 3.05) is 20.8 Å². The summed E-state index contributed by atoms with van der Waals surface area (Å²) in [7, 11) is 2.56. The predicted octanol–water partition coefficient (Wildman–Crippen LogP) is 3.63. The predicted molar refractivity (Wildman–Crippen MR) is 117 cm³/mol. The first-order chi connectivity index (χ1) is 15.4. The normalized spacial score (nSPS) is 16.9. The van der Waals surface area contributed by atoms with E-state index in [1.54, 1.807) is 37.3 Å². The molecule has 2 aromatic rings. The van der Waals surface area contributed by atoms with Crippen LogP contribution < -0.4 is 10.1 Å². The number of nitrogens with one attached hydrogen (secondary N) is 1. The maximum atomic E-state index is 13.4. The molecule has 0 bridgehead atoms. The summed E-state index contributed by atoms with van der Waals surface area (Å²) >= 11 is 6.42. The first-order valence-corrected chi connectivity index (χ1v) is 10.2. The number of allylic oxidation sites excluding steroid dienone is 2. The van der Waals surface area contributed by atoms with Gasteiger partial charge in [0, 0.05) is 28.3 Å². The third-order valence-electron chi connectivity index (χ3n) is 5.52. The Bertz CT molecular complexity index is 1210. The number of ketones is 1. The molecular formula is C24H20ClNO6. The Morgan fingerprint density at radius 3 is 2.44 bits per heavy atom. The summed E-state index contributed by atoms with van der Waals surface area (Å²) in [6, 6.07) is 12.2. The van der Waals surface area contributed by atoms with Crippen molar-refractivity contribution in [3.05, 3.63) is 81.0 Å². The van der Waals surface area contributed by atoms with E-state index in [1.807, 2.05) is 12.1 Å². The van der Waals surface area contributed by atoms with Crippen LogP contribution in [0.3, 0.4) is 0 Å². The fraction of sp³-hybridized carbons (Fsp3) is 0.208. The lowest BCUT2D eigenvalue weighted by molar-refractivity contribution is -0.143. The average Bonchev–Trinajstić information content (AvgIpc) is 3.08. The number of hydrogen-bond acceptors (Lipinski definition) is 7. The minimum Gasteiger partial charge on any atom is -0.480 e. The summed E-state index contributed by atoms with van der Waals surface area (Å²) in [5, 5.41) is 3.46. The number of carbonyl (C=O) groups excluding carboxylic acids is 3. The van der Waals surface area contributed by atoms with Crippen LogP contribution in [0.4, 0.5) is 0 Å². The number of methoxy groups -OCH3 is 2. The monoisotopic (exact) mass is 453 g/mol. The maximum absolute atomic E-state index is 13.4. The van der Waals surface area contributed by atoms with E-state index in [0.29, 0.717) is 33.7 Å². The lowest BCUT2D eigenvalue weighted by atomic mass is 9.80. The highest BCUT2D eigenvalue weighted by Crippen LogP contribution is 2.47. The summed E-state index contributed by atoms with van der Waals surface area (Å²) in [4.78, 5) is 37.5. The molecule has 1 aliphatic heterocycles. The van der Waals surface area contributed by atoms with Crippen LogP contribution in [-0.4, -0.2) is 38.5 Å². The molecule has 1 atom stereocenters. The molecule has 0 radical (unpaired) electrons. The first-order valence-electron chi connectivity index (χ1n) is 9.80. The van der Waals surface area contributed by atoms with Gasteiger partial charge in [-0.25, -0.2) is 9.59 Å². The third kappa shape index (κ3) is 3.54. The highest BCUT2D eigenvalue weighted by Gasteiger charge is 2.42. The van der Waals surface area contributed by atoms with Crippen molar-refractivity contribution in [2.24, 2.45) is 0 Å². The number of esters is 2. The Hall–Kier alpha value is -3.58. The second-order valence-electron chi connectivity index (χ2n) is 7.31. The number of halogens is 1. The van der Waals surface area contributed by atoms with E-state index < -0.39 is 17.9 Å². The molecule has 1 aliphatic carbocycles. The van der Waals surface area contributed by atoms with Crippen LogP contribution in [0.25, 0.3) is 5.70 Å². The standard InChI is InChI=1S/C24H20ClNO6/c1-12-19(24(29)31-3)20(13-8-9-17(16(25)10-13)32-11-18(27)30-2)21-22(26-12)14-6-4-5-7-15(14)23(21)28/h4-10,20,26H,11H2,1-3H3/t20-/m1/s1. The molecule has 0 spiro atoms. The highest BCUT2D eigenvalue weighted by molar-refractivity contribution is 6.32. The lowest BCUT2D eigenvalue weighted by Gasteiger charge is -2.29. The van der Waals surface area contributed by atoms with Crippen molar-refractivity contribution in [1.82, 2.24) is 5.32 Å². The van der Waals surface area contributed by atoms with Gasteiger partial charge < -0.3 is 19.5 Å². The van der Waals surface area contributed by atoms with E-state index in [2.05, 4.69) is 10.1 Å². The van der Waals surface area contributed by atoms with Gasteiger partial charge in [-0.15, -0.1) is 0 Å². The second-order valence-corrected chi connectivity index (χ2v) is 7.71. The van der Waals surface area contributed by atoms with Crippen molar-refractivity contribution in [2.45, 2.75) is 12.8 Å². The van der Waals surface area contributed by atoms with Crippen molar-refractivity contribution in [3.8, 4) is 5.75 Å². The van der Waals surface area contributed by atoms with Crippen molar-refractivity contribution < 1.29 is 28.6 Å². The van der Waals surface area contributed by atoms with Crippen LogP contribution in [0.15, 0.2) is 59.3 Å². The number of hydrogen-bond donors (Lipinski definition) is 1. The molecule has 0 fully saturated rings. The summed E-state index contributed by atoms with van der Waals surface area (Å²) < 4.78 is 15.0. The Balaban J connectivity index is 1.81. The van der Waals surface area contributed by atoms with Crippen LogP contribution in [0, 0.1) is 0 Å². The van der Waals surface area contributed by atoms with Gasteiger partial charge in [0.15, 0.2) is 12.4 Å². The van der Waals surface area contributed by atoms with Crippen LogP contribution in [-0.2, 0) is 19.1 Å². The van der Waals surface area contributed by atoms with Crippen LogP contribution in [0.5, 0.6) is 5.75 Å². The number of carbonyl (C=O) groups is 3. The molecule has 1 heterocycles. The van der Waals surface area contributed by atoms with Crippen molar-refractivity contribution in [1.29, 1.82) is 0 Å². The van der Waals surface area contributed by atoms with Gasteiger partial charge in [-0.2, -0.15) is 0 Å². The zero-order valence-electron chi connectivity index (χ0n) is 17.7. The van der Waals surface area contributed by atoms with Gasteiger partial charge in [0.25, 0.3) is 0 Å². The Kier molecular flexibility index (Phi) is 5.76. The van der Waals surface area contributed by atoms with E-state index in [1.165, 1.54) is 14.2 Å². The highest BCUT2D eigenvalue weighted by atomic mass is 35.5. The Morgan fingerprint density at radius 1 is 1.06 bits per heavy atom. The van der Waals surface area contributed by atoms with Gasteiger partial charge in [0.2, 0.25) is 0 Å². The minimum absolute atomic E-state index is 0.163. The third-order valence-corrected chi connectivity index (χ3v) is 5.81. The van der Waals surface area contributed by atoms with Gasteiger partial charge in [-0.05, 0) is 24.6 Å². The number of Topliss-reactive ketones (excluding diaryl/α,β-unsaturated/α-hetero) is 1. The summed E-state index contributed by atoms with van der Waals surface area (Å²) in [6.45, 7) is 1.47. The summed E-state index contributed by atoms with van der Waals surface area (Å²) in [5.41, 5.74) is 4.01. The largest absolute Gasteiger partial charge is 0.480 e. The van der Waals surface area contributed by atoms with E-state index in [4.69, 9.17) is 21.1 Å². The smallest absolute Gasteiger partial charge is 0.343 e. The van der Waals surface area contributed by atoms with Crippen LogP contribution in [0.2, 0.25) is 5.02 Å². The number of rotatable bonds is 5. The van der Waals surface area contributed by atoms with Gasteiger partial charge in [0.1, 0.15) is 5.75 Å². The van der Waals surface area contributed by atoms with Crippen molar-refractivity contribution >= 4 is 35.0 Å². The van der Waals surface area contributed by atoms with Gasteiger partial charge in [-0.1, -0.05) is 41.9 Å². The van der Waals surface area contributed by atoms with E-state index in [0.717, 1.165) is 5.56 Å². The minimum atomic E-state index is -0.689. The van der Waals surface area contributed by atoms with E-state index in [9.17, 15) is 14.4 Å². The zero-order valence-corrected chi connectivity index (χ0v) is 18.4. The average molecular weight is 454 g/mol. The fourth-order valence-corrected chi connectivity index (χ4v) is 4.30. The summed E-state index contributed by atoms with van der Waals surface area (Å²) in [5.74, 6) is -1.66. The quantitative estimate of drug-likeness (QED) is 0.691. The molecule has 4 rings (SSSR count). The molecule has 0 saturated heterocycles. The topological polar surface area (TPSA) is 90.9 Å². The first kappa shape index (κ1) is 21.6. The molecule has 0 amide bonds. The zero-order chi connectivity index (χ0) is 23.0. The second kappa shape index (κ2) is 8.51. The molecule has 2 aliphatic rings. The van der Waals surface area contributed by atoms with Crippen molar-refractivity contribution in [3.63, 3.8) is 0 Å².